The zero-order valence-corrected chi connectivity index (χ0v) is 21.6. The number of carbonyl (C=O) groups excluding carboxylic acids is 1. The molecule has 1 aliphatic rings. The Balaban J connectivity index is 1.98. The molecule has 2 atom stereocenters. The van der Waals surface area contributed by atoms with Crippen LogP contribution in [-0.4, -0.2) is 78.9 Å². The Labute approximate surface area is 215 Å². The van der Waals surface area contributed by atoms with Gasteiger partial charge >= 0.3 is 12.0 Å². The average Bonchev–Trinajstić information content (AvgIpc) is 3.37. The minimum Gasteiger partial charge on any atom is -0.465 e. The van der Waals surface area contributed by atoms with E-state index < -0.39 is 46.5 Å². The summed E-state index contributed by atoms with van der Waals surface area (Å²) in [6.45, 7) is 1.94. The third-order valence-corrected chi connectivity index (χ3v) is 7.94. The Kier molecular flexibility index (Phi) is 9.38. The fourth-order valence-corrected chi connectivity index (χ4v) is 6.01. The van der Waals surface area contributed by atoms with Gasteiger partial charge in [0, 0.05) is 19.6 Å². The number of hydrogen-bond acceptors (Lipinski definition) is 5. The Morgan fingerprint density at radius 1 is 1.08 bits per heavy atom. The van der Waals surface area contributed by atoms with E-state index in [9.17, 15) is 23.1 Å². The van der Waals surface area contributed by atoms with Gasteiger partial charge in [-0.3, -0.25) is 9.69 Å². The van der Waals surface area contributed by atoms with Gasteiger partial charge in [0.15, 0.2) is 0 Å². The van der Waals surface area contributed by atoms with Crippen molar-refractivity contribution in [2.45, 2.75) is 49.6 Å². The highest BCUT2D eigenvalue weighted by atomic mass is 32.2. The van der Waals surface area contributed by atoms with Crippen LogP contribution in [-0.2, 0) is 26.0 Å². The lowest BCUT2D eigenvalue weighted by atomic mass is 9.95. The van der Waals surface area contributed by atoms with E-state index in [0.717, 1.165) is 4.90 Å². The molecule has 0 bridgehead atoms. The predicted octanol–water partition coefficient (Wildman–Crippen LogP) is 3.92. The minimum atomic E-state index is -4.35. The number of Topliss-reactive ketones (excluding diaryl/α,β-unsaturated/α-hetero) is 1. The fourth-order valence-electron chi connectivity index (χ4n) is 4.38. The van der Waals surface area contributed by atoms with E-state index in [0.29, 0.717) is 9.87 Å². The monoisotopic (exact) mass is 538 g/mol. The molecule has 1 saturated heterocycles. The van der Waals surface area contributed by atoms with Gasteiger partial charge < -0.3 is 9.84 Å². The van der Waals surface area contributed by atoms with Crippen molar-refractivity contribution in [3.8, 4) is 0 Å². The molecule has 0 aliphatic carbocycles. The Hall–Kier alpha value is -2.89. The molecule has 0 aromatic heterocycles. The van der Waals surface area contributed by atoms with Gasteiger partial charge in [-0.05, 0) is 30.0 Å². The summed E-state index contributed by atoms with van der Waals surface area (Å²) < 4.78 is 63.8. The van der Waals surface area contributed by atoms with Crippen LogP contribution in [0, 0.1) is 5.92 Å². The number of carboxylic acid groups (broad SMARTS) is 1. The summed E-state index contributed by atoms with van der Waals surface area (Å²) in [4.78, 5) is 26.2. The molecule has 1 heterocycles. The van der Waals surface area contributed by atoms with Crippen LogP contribution in [0.15, 0.2) is 65.6 Å². The van der Waals surface area contributed by atoms with E-state index in [1.165, 1.54) is 24.3 Å². The maximum Gasteiger partial charge on any atom is 0.408 e. The number of halogens is 2. The molecular weight excluding hydrogens is 506 g/mol. The van der Waals surface area contributed by atoms with E-state index >= 15 is 8.78 Å². The van der Waals surface area contributed by atoms with Crippen LogP contribution in [0.25, 0.3) is 0 Å². The lowest BCUT2D eigenvalue weighted by Crippen LogP contribution is -2.58. The molecule has 202 valence electrons. The number of amides is 1. The van der Waals surface area contributed by atoms with Crippen LogP contribution >= 0.6 is 0 Å². The number of ketones is 1. The Morgan fingerprint density at radius 3 is 2.19 bits per heavy atom. The molecule has 0 saturated carbocycles. The quantitative estimate of drug-likeness (QED) is 0.439. The second kappa shape index (κ2) is 12.1. The van der Waals surface area contributed by atoms with E-state index in [4.69, 9.17) is 4.74 Å². The van der Waals surface area contributed by atoms with E-state index in [1.54, 1.807) is 50.2 Å². The molecule has 2 aromatic rings. The summed E-state index contributed by atoms with van der Waals surface area (Å²) in [6, 6.07) is 12.9. The fraction of sp³-hybridized carbons (Fsp3) is 0.462. The molecule has 1 amide bonds. The molecule has 11 heteroatoms. The van der Waals surface area contributed by atoms with Crippen molar-refractivity contribution in [1.82, 2.24) is 9.21 Å². The van der Waals surface area contributed by atoms with Gasteiger partial charge in [0.1, 0.15) is 6.04 Å². The first-order valence-electron chi connectivity index (χ1n) is 12.0. The normalized spacial score (nSPS) is 17.2. The van der Waals surface area contributed by atoms with Gasteiger partial charge in [-0.15, -0.1) is 0 Å². The molecule has 3 rings (SSSR count). The van der Waals surface area contributed by atoms with E-state index in [1.807, 2.05) is 0 Å². The van der Waals surface area contributed by atoms with Crippen LogP contribution in [0.2, 0.25) is 0 Å². The number of benzene rings is 2. The van der Waals surface area contributed by atoms with E-state index in [-0.39, 0.29) is 43.4 Å². The summed E-state index contributed by atoms with van der Waals surface area (Å²) in [5.41, 5.74) is 0.498. The molecule has 37 heavy (non-hydrogen) atoms. The summed E-state index contributed by atoms with van der Waals surface area (Å²) >= 11 is 0. The standard InChI is InChI=1S/C26H32F2N2O6S/c1-19(2)16-29(37(34,35)22-11-7-4-8-12-22)18-26(27,28)24(31)23(15-20-9-5-3-6-10-20)30(25(32)33)21-13-14-36-17-21/h3-12,19,21,23H,13-18H2,1-2H3,(H,32,33)/t21-,23-/m0/s1. The van der Waals surface area contributed by atoms with Crippen molar-refractivity contribution < 1.29 is 36.6 Å². The maximum atomic E-state index is 15.7. The number of carbonyl (C=O) groups is 2. The van der Waals surface area contributed by atoms with Crippen molar-refractivity contribution in [2.24, 2.45) is 5.92 Å². The van der Waals surface area contributed by atoms with Crippen LogP contribution in [0.5, 0.6) is 0 Å². The molecule has 0 radical (unpaired) electrons. The Bertz CT molecular complexity index is 1160. The van der Waals surface area contributed by atoms with Gasteiger partial charge in [-0.25, -0.2) is 13.2 Å². The lowest BCUT2D eigenvalue weighted by Gasteiger charge is -2.35. The number of ether oxygens (including phenoxy) is 1. The van der Waals surface area contributed by atoms with Gasteiger partial charge in [0.05, 0.1) is 24.1 Å². The summed E-state index contributed by atoms with van der Waals surface area (Å²) in [5, 5.41) is 9.94. The first-order valence-corrected chi connectivity index (χ1v) is 13.5. The highest BCUT2D eigenvalue weighted by molar-refractivity contribution is 7.89. The summed E-state index contributed by atoms with van der Waals surface area (Å²) in [6.07, 6.45) is -1.54. The molecule has 8 nitrogen and oxygen atoms in total. The second-order valence-electron chi connectivity index (χ2n) is 9.49. The van der Waals surface area contributed by atoms with Gasteiger partial charge in [-0.2, -0.15) is 13.1 Å². The first-order chi connectivity index (χ1) is 17.4. The number of hydrogen-bond donors (Lipinski definition) is 1. The second-order valence-corrected chi connectivity index (χ2v) is 11.4. The molecule has 1 fully saturated rings. The van der Waals surface area contributed by atoms with E-state index in [2.05, 4.69) is 0 Å². The van der Waals surface area contributed by atoms with Crippen molar-refractivity contribution in [1.29, 1.82) is 0 Å². The van der Waals surface area contributed by atoms with Crippen LogP contribution in [0.4, 0.5) is 13.6 Å². The lowest BCUT2D eigenvalue weighted by molar-refractivity contribution is -0.150. The summed E-state index contributed by atoms with van der Waals surface area (Å²) in [7, 11) is -4.35. The topological polar surface area (TPSA) is 104 Å². The average molecular weight is 539 g/mol. The van der Waals surface area contributed by atoms with Crippen LogP contribution in [0.1, 0.15) is 25.8 Å². The highest BCUT2D eigenvalue weighted by Crippen LogP contribution is 2.29. The van der Waals surface area contributed by atoms with Crippen molar-refractivity contribution in [3.05, 3.63) is 66.2 Å². The number of sulfonamides is 1. The number of alkyl halides is 2. The van der Waals surface area contributed by atoms with Gasteiger partial charge in [-0.1, -0.05) is 62.4 Å². The molecule has 0 spiro atoms. The maximum absolute atomic E-state index is 15.7. The molecule has 0 unspecified atom stereocenters. The number of rotatable bonds is 12. The van der Waals surface area contributed by atoms with Crippen LogP contribution < -0.4 is 0 Å². The predicted molar refractivity (Wildman–Crippen MR) is 133 cm³/mol. The zero-order chi connectivity index (χ0) is 27.2. The third-order valence-electron chi connectivity index (χ3n) is 6.12. The molecule has 2 aromatic carbocycles. The SMILES string of the molecule is CC(C)CN(CC(F)(F)C(=O)[C@H](Cc1ccccc1)N(C(=O)O)[C@H]1CCOC1)S(=O)(=O)c1ccccc1. The smallest absolute Gasteiger partial charge is 0.408 e. The largest absolute Gasteiger partial charge is 0.465 e. The van der Waals surface area contributed by atoms with Crippen molar-refractivity contribution >= 4 is 21.9 Å². The third kappa shape index (κ3) is 7.12. The summed E-state index contributed by atoms with van der Waals surface area (Å²) in [5.74, 6) is -6.12. The molecular formula is C26H32F2N2O6S. The Morgan fingerprint density at radius 2 is 1.68 bits per heavy atom. The highest BCUT2D eigenvalue weighted by Gasteiger charge is 2.50. The van der Waals surface area contributed by atoms with Gasteiger partial charge in [0.25, 0.3) is 0 Å². The minimum absolute atomic E-state index is 0.0156. The molecule has 1 N–H and O–H groups in total. The van der Waals surface area contributed by atoms with Crippen LogP contribution in [0.3, 0.4) is 0 Å². The zero-order valence-electron chi connectivity index (χ0n) is 20.8. The van der Waals surface area contributed by atoms with Crippen molar-refractivity contribution in [2.75, 3.05) is 26.3 Å². The van der Waals surface area contributed by atoms with Gasteiger partial charge in [0.2, 0.25) is 15.8 Å². The molecule has 1 aliphatic heterocycles. The van der Waals surface area contributed by atoms with Crippen molar-refractivity contribution in [3.63, 3.8) is 0 Å². The first kappa shape index (κ1) is 28.7. The number of nitrogens with zero attached hydrogens (tertiary/aromatic N) is 2.